The van der Waals surface area contributed by atoms with Gasteiger partial charge in [0.1, 0.15) is 11.3 Å². The van der Waals surface area contributed by atoms with Crippen LogP contribution in [0.2, 0.25) is 0 Å². The van der Waals surface area contributed by atoms with Gasteiger partial charge in [-0.1, -0.05) is 19.1 Å². The molecule has 4 aromatic rings. The first kappa shape index (κ1) is 20.2. The highest BCUT2D eigenvalue weighted by molar-refractivity contribution is 9.10. The Morgan fingerprint density at radius 3 is 2.57 bits per heavy atom. The number of anilines is 1. The Balaban J connectivity index is 1.54. The van der Waals surface area contributed by atoms with Crippen LogP contribution in [0.15, 0.2) is 69.6 Å². The van der Waals surface area contributed by atoms with Crippen LogP contribution < -0.4 is 10.1 Å². The molecule has 0 spiro atoms. The molecule has 1 N–H and O–H groups in total. The van der Waals surface area contributed by atoms with E-state index in [4.69, 9.17) is 9.15 Å². The van der Waals surface area contributed by atoms with Gasteiger partial charge in [-0.3, -0.25) is 4.79 Å². The molecule has 1 aromatic heterocycles. The lowest BCUT2D eigenvalue weighted by Gasteiger charge is -2.09. The number of ether oxygens (including phenoxy) is 1. The topological polar surface area (TPSA) is 64.4 Å². The quantitative estimate of drug-likeness (QED) is 0.355. The average molecular weight is 465 g/mol. The minimum absolute atomic E-state index is 0.215. The van der Waals surface area contributed by atoms with Crippen molar-refractivity contribution in [1.29, 1.82) is 0 Å². The number of benzene rings is 3. The molecule has 0 atom stereocenters. The van der Waals surface area contributed by atoms with Crippen molar-refractivity contribution < 1.29 is 13.9 Å². The minimum atomic E-state index is -0.215. The zero-order chi connectivity index (χ0) is 21.1. The Morgan fingerprint density at radius 1 is 1.07 bits per heavy atom. The number of nitrogens with one attached hydrogen (secondary N) is 1. The summed E-state index contributed by atoms with van der Waals surface area (Å²) in [5.41, 5.74) is 4.72. The maximum Gasteiger partial charge on any atom is 0.255 e. The van der Waals surface area contributed by atoms with E-state index in [0.29, 0.717) is 35.1 Å². The first-order valence-electron chi connectivity index (χ1n) is 9.81. The highest BCUT2D eigenvalue weighted by Crippen LogP contribution is 2.28. The van der Waals surface area contributed by atoms with E-state index >= 15 is 0 Å². The normalized spacial score (nSPS) is 10.9. The zero-order valence-electron chi connectivity index (χ0n) is 16.7. The molecule has 0 saturated heterocycles. The summed E-state index contributed by atoms with van der Waals surface area (Å²) in [5.74, 6) is 1.05. The zero-order valence-corrected chi connectivity index (χ0v) is 18.3. The van der Waals surface area contributed by atoms with Crippen molar-refractivity contribution in [2.45, 2.75) is 20.3 Å². The fraction of sp³-hybridized carbons (Fsp3) is 0.167. The average Bonchev–Trinajstić information content (AvgIpc) is 3.18. The van der Waals surface area contributed by atoms with Gasteiger partial charge in [-0.25, -0.2) is 4.98 Å². The second-order valence-corrected chi connectivity index (χ2v) is 7.64. The van der Waals surface area contributed by atoms with Crippen LogP contribution in [-0.2, 0) is 6.42 Å². The first-order valence-corrected chi connectivity index (χ1v) is 10.6. The van der Waals surface area contributed by atoms with Gasteiger partial charge in [-0.15, -0.1) is 0 Å². The molecule has 0 fully saturated rings. The van der Waals surface area contributed by atoms with Gasteiger partial charge >= 0.3 is 0 Å². The molecule has 3 aromatic carbocycles. The molecule has 0 radical (unpaired) electrons. The molecule has 0 unspecified atom stereocenters. The number of halogens is 1. The van der Waals surface area contributed by atoms with Crippen molar-refractivity contribution in [2.75, 3.05) is 11.9 Å². The Morgan fingerprint density at radius 2 is 1.87 bits per heavy atom. The second-order valence-electron chi connectivity index (χ2n) is 6.78. The Hall–Kier alpha value is -3.12. The number of carbonyl (C=O) groups is 1. The third-order valence-electron chi connectivity index (χ3n) is 4.75. The molecule has 0 aliphatic heterocycles. The van der Waals surface area contributed by atoms with Crippen LogP contribution in [0, 0.1) is 0 Å². The molecule has 4 rings (SSSR count). The Labute approximate surface area is 183 Å². The Bertz CT molecular complexity index is 1200. The minimum Gasteiger partial charge on any atom is -0.493 e. The van der Waals surface area contributed by atoms with Crippen LogP contribution >= 0.6 is 15.9 Å². The second kappa shape index (κ2) is 8.71. The molecule has 0 bridgehead atoms. The third-order valence-corrected chi connectivity index (χ3v) is 5.37. The largest absolute Gasteiger partial charge is 0.493 e. The van der Waals surface area contributed by atoms with E-state index in [1.165, 1.54) is 5.56 Å². The van der Waals surface area contributed by atoms with Gasteiger partial charge in [0.15, 0.2) is 5.58 Å². The fourth-order valence-electron chi connectivity index (χ4n) is 3.13. The molecule has 1 heterocycles. The molecule has 1 amide bonds. The van der Waals surface area contributed by atoms with Crippen LogP contribution in [0.25, 0.3) is 22.6 Å². The van der Waals surface area contributed by atoms with Crippen LogP contribution in [0.4, 0.5) is 5.69 Å². The van der Waals surface area contributed by atoms with Gasteiger partial charge in [0.2, 0.25) is 5.89 Å². The van der Waals surface area contributed by atoms with E-state index in [1.54, 1.807) is 24.3 Å². The van der Waals surface area contributed by atoms with E-state index in [9.17, 15) is 4.79 Å². The maximum atomic E-state index is 12.6. The van der Waals surface area contributed by atoms with E-state index in [-0.39, 0.29) is 5.91 Å². The molecular weight excluding hydrogens is 444 g/mol. The number of nitrogens with zero attached hydrogens (tertiary/aromatic N) is 1. The number of oxazole rings is 1. The molecule has 5 nitrogen and oxygen atoms in total. The molecule has 152 valence electrons. The van der Waals surface area contributed by atoms with Gasteiger partial charge in [-0.2, -0.15) is 0 Å². The van der Waals surface area contributed by atoms with Gasteiger partial charge in [0.25, 0.3) is 5.91 Å². The Kier molecular flexibility index (Phi) is 5.86. The van der Waals surface area contributed by atoms with Crippen molar-refractivity contribution in [3.63, 3.8) is 0 Å². The number of aryl methyl sites for hydroxylation is 1. The van der Waals surface area contributed by atoms with Crippen LogP contribution in [0.1, 0.15) is 29.8 Å². The van der Waals surface area contributed by atoms with Crippen LogP contribution in [0.3, 0.4) is 0 Å². The molecule has 6 heteroatoms. The van der Waals surface area contributed by atoms with Crippen molar-refractivity contribution in [2.24, 2.45) is 0 Å². The number of rotatable bonds is 6. The fourth-order valence-corrected chi connectivity index (χ4v) is 3.62. The molecular formula is C24H21BrN2O3. The van der Waals surface area contributed by atoms with E-state index in [2.05, 4.69) is 45.3 Å². The summed E-state index contributed by atoms with van der Waals surface area (Å²) >= 11 is 3.44. The lowest BCUT2D eigenvalue weighted by atomic mass is 10.1. The standard InChI is InChI=1S/C24H21BrN2O3/c1-3-15-5-7-16(8-6-15)24-27-20-11-10-18(14-22(20)30-24)26-23(28)17-9-12-21(29-4-2)19(25)13-17/h5-14H,3-4H2,1-2H3,(H,26,28). The smallest absolute Gasteiger partial charge is 0.255 e. The number of amides is 1. The van der Waals surface area contributed by atoms with Crippen molar-refractivity contribution in [1.82, 2.24) is 4.98 Å². The molecule has 0 saturated carbocycles. The molecule has 0 aliphatic rings. The number of hydrogen-bond acceptors (Lipinski definition) is 4. The number of aromatic nitrogens is 1. The van der Waals surface area contributed by atoms with Crippen molar-refractivity contribution in [3.05, 3.63) is 76.3 Å². The predicted octanol–water partition coefficient (Wildman–Crippen LogP) is 6.47. The number of fused-ring (bicyclic) bond motifs is 1. The van der Waals surface area contributed by atoms with Crippen molar-refractivity contribution >= 4 is 38.6 Å². The number of hydrogen-bond donors (Lipinski definition) is 1. The highest BCUT2D eigenvalue weighted by Gasteiger charge is 2.12. The van der Waals surface area contributed by atoms with Crippen LogP contribution in [0.5, 0.6) is 5.75 Å². The predicted molar refractivity (Wildman–Crippen MR) is 122 cm³/mol. The monoisotopic (exact) mass is 464 g/mol. The summed E-state index contributed by atoms with van der Waals surface area (Å²) in [7, 11) is 0. The van der Waals surface area contributed by atoms with Gasteiger partial charge in [0, 0.05) is 22.9 Å². The lowest BCUT2D eigenvalue weighted by molar-refractivity contribution is 0.102. The van der Waals surface area contributed by atoms with Crippen LogP contribution in [-0.4, -0.2) is 17.5 Å². The summed E-state index contributed by atoms with van der Waals surface area (Å²) in [6, 6.07) is 18.9. The van der Waals surface area contributed by atoms with E-state index < -0.39 is 0 Å². The van der Waals surface area contributed by atoms with Gasteiger partial charge < -0.3 is 14.5 Å². The summed E-state index contributed by atoms with van der Waals surface area (Å²) in [6.07, 6.45) is 0.988. The van der Waals surface area contributed by atoms with E-state index in [0.717, 1.165) is 22.0 Å². The summed E-state index contributed by atoms with van der Waals surface area (Å²) < 4.78 is 12.2. The molecule has 30 heavy (non-hydrogen) atoms. The molecule has 0 aliphatic carbocycles. The van der Waals surface area contributed by atoms with Crippen molar-refractivity contribution in [3.8, 4) is 17.2 Å². The summed E-state index contributed by atoms with van der Waals surface area (Å²) in [6.45, 7) is 4.60. The lowest BCUT2D eigenvalue weighted by Crippen LogP contribution is -2.11. The third kappa shape index (κ3) is 4.24. The maximum absolute atomic E-state index is 12.6. The van der Waals surface area contributed by atoms with Gasteiger partial charge in [0.05, 0.1) is 11.1 Å². The SMILES string of the molecule is CCOc1ccc(C(=O)Nc2ccc3nc(-c4ccc(CC)cc4)oc3c2)cc1Br. The highest BCUT2D eigenvalue weighted by atomic mass is 79.9. The number of carbonyl (C=O) groups excluding carboxylic acids is 1. The van der Waals surface area contributed by atoms with Gasteiger partial charge in [-0.05, 0) is 77.3 Å². The summed E-state index contributed by atoms with van der Waals surface area (Å²) in [5, 5.41) is 2.90. The first-order chi connectivity index (χ1) is 14.6. The van der Waals surface area contributed by atoms with E-state index in [1.807, 2.05) is 31.2 Å². The summed E-state index contributed by atoms with van der Waals surface area (Å²) in [4.78, 5) is 17.2.